The zero-order chi connectivity index (χ0) is 45.4. The SMILES string of the molecule is CCCCCCCCCCCCCCCCCCCCCC(=O)O[C@@H](COC(=O)CCCCCCCCCCCCCCCC(C)C)COC(=O)CCCCCCCCC(C)C. The maximum Gasteiger partial charge on any atom is 0.306 e. The quantitative estimate of drug-likeness (QED) is 0.0344. The van der Waals surface area contributed by atoms with Gasteiger partial charge in [0.05, 0.1) is 0 Å². The summed E-state index contributed by atoms with van der Waals surface area (Å²) in [4.78, 5) is 38.0. The second kappa shape index (κ2) is 48.9. The molecule has 0 heterocycles. The Labute approximate surface area is 387 Å². The third kappa shape index (κ3) is 49.4. The van der Waals surface area contributed by atoms with Crippen LogP contribution in [0.4, 0.5) is 0 Å². The molecular formula is C56H108O6. The standard InChI is InChI=1S/C56H108O6/c1-6-7-8-9-10-11-12-13-14-15-16-17-18-21-25-28-31-38-43-48-56(59)62-53(50-61-55(58)47-42-37-33-32-35-40-45-52(4)5)49-60-54(57)46-41-36-30-27-24-22-19-20-23-26-29-34-39-44-51(2)3/h51-53H,6-50H2,1-5H3/t53-/m0/s1. The van der Waals surface area contributed by atoms with Gasteiger partial charge >= 0.3 is 17.9 Å². The van der Waals surface area contributed by atoms with Gasteiger partial charge in [-0.15, -0.1) is 0 Å². The van der Waals surface area contributed by atoms with Gasteiger partial charge in [-0.3, -0.25) is 14.4 Å². The van der Waals surface area contributed by atoms with Crippen LogP contribution in [0.1, 0.15) is 311 Å². The minimum atomic E-state index is -0.762. The van der Waals surface area contributed by atoms with Gasteiger partial charge in [-0.25, -0.2) is 0 Å². The zero-order valence-corrected chi connectivity index (χ0v) is 42.5. The van der Waals surface area contributed by atoms with Gasteiger partial charge < -0.3 is 14.2 Å². The van der Waals surface area contributed by atoms with Crippen molar-refractivity contribution in [2.75, 3.05) is 13.2 Å². The molecule has 0 radical (unpaired) electrons. The molecule has 0 saturated heterocycles. The fourth-order valence-electron chi connectivity index (χ4n) is 8.52. The molecule has 6 nitrogen and oxygen atoms in total. The lowest BCUT2D eigenvalue weighted by Gasteiger charge is -2.18. The Bertz CT molecular complexity index is 947. The van der Waals surface area contributed by atoms with Crippen LogP contribution >= 0.6 is 0 Å². The second-order valence-electron chi connectivity index (χ2n) is 20.2. The van der Waals surface area contributed by atoms with Crippen LogP contribution in [-0.2, 0) is 28.6 Å². The summed E-state index contributed by atoms with van der Waals surface area (Å²) in [5.41, 5.74) is 0. The fourth-order valence-corrected chi connectivity index (χ4v) is 8.52. The third-order valence-electron chi connectivity index (χ3n) is 12.7. The van der Waals surface area contributed by atoms with Crippen molar-refractivity contribution in [2.45, 2.75) is 317 Å². The number of ether oxygens (including phenoxy) is 3. The largest absolute Gasteiger partial charge is 0.462 e. The van der Waals surface area contributed by atoms with E-state index in [2.05, 4.69) is 34.6 Å². The summed E-state index contributed by atoms with van der Waals surface area (Å²) in [6.07, 6.45) is 51.1. The number of hydrogen-bond acceptors (Lipinski definition) is 6. The molecule has 0 saturated carbocycles. The maximum atomic E-state index is 12.8. The average Bonchev–Trinajstić information content (AvgIpc) is 3.24. The summed E-state index contributed by atoms with van der Waals surface area (Å²) in [5, 5.41) is 0. The molecular weight excluding hydrogens is 769 g/mol. The van der Waals surface area contributed by atoms with Crippen LogP contribution in [0.15, 0.2) is 0 Å². The Kier molecular flexibility index (Phi) is 47.6. The van der Waals surface area contributed by atoms with Gasteiger partial charge in [-0.05, 0) is 31.1 Å². The van der Waals surface area contributed by atoms with Crippen LogP contribution < -0.4 is 0 Å². The van der Waals surface area contributed by atoms with Crippen LogP contribution in [0, 0.1) is 11.8 Å². The Hall–Kier alpha value is -1.59. The van der Waals surface area contributed by atoms with E-state index in [1.807, 2.05) is 0 Å². The van der Waals surface area contributed by atoms with Crippen LogP contribution in [-0.4, -0.2) is 37.2 Å². The summed E-state index contributed by atoms with van der Waals surface area (Å²) in [7, 11) is 0. The number of rotatable bonds is 50. The van der Waals surface area contributed by atoms with Gasteiger partial charge in [0.15, 0.2) is 6.10 Å². The highest BCUT2D eigenvalue weighted by molar-refractivity contribution is 5.71. The number of carbonyl (C=O) groups excluding carboxylic acids is 3. The van der Waals surface area contributed by atoms with Crippen molar-refractivity contribution in [1.29, 1.82) is 0 Å². The van der Waals surface area contributed by atoms with E-state index >= 15 is 0 Å². The summed E-state index contributed by atoms with van der Waals surface area (Å²) < 4.78 is 16.8. The molecule has 368 valence electrons. The van der Waals surface area contributed by atoms with E-state index < -0.39 is 6.10 Å². The first-order valence-corrected chi connectivity index (χ1v) is 27.7. The summed E-state index contributed by atoms with van der Waals surface area (Å²) in [5.74, 6) is 0.754. The lowest BCUT2D eigenvalue weighted by Crippen LogP contribution is -2.30. The van der Waals surface area contributed by atoms with Crippen molar-refractivity contribution in [3.05, 3.63) is 0 Å². The van der Waals surface area contributed by atoms with E-state index in [4.69, 9.17) is 14.2 Å². The first kappa shape index (κ1) is 60.4. The molecule has 0 unspecified atom stereocenters. The van der Waals surface area contributed by atoms with E-state index in [1.165, 1.54) is 199 Å². The lowest BCUT2D eigenvalue weighted by molar-refractivity contribution is -0.167. The Morgan fingerprint density at radius 2 is 0.532 bits per heavy atom. The number of unbranched alkanes of at least 4 members (excludes halogenated alkanes) is 35. The number of hydrogen-bond donors (Lipinski definition) is 0. The van der Waals surface area contributed by atoms with Crippen molar-refractivity contribution < 1.29 is 28.6 Å². The van der Waals surface area contributed by atoms with Gasteiger partial charge in [-0.2, -0.15) is 0 Å². The van der Waals surface area contributed by atoms with Crippen molar-refractivity contribution in [3.63, 3.8) is 0 Å². The number of carbonyl (C=O) groups is 3. The van der Waals surface area contributed by atoms with Gasteiger partial charge in [0.25, 0.3) is 0 Å². The van der Waals surface area contributed by atoms with E-state index in [1.54, 1.807) is 0 Å². The highest BCUT2D eigenvalue weighted by Gasteiger charge is 2.19. The van der Waals surface area contributed by atoms with Gasteiger partial charge in [0.2, 0.25) is 0 Å². The molecule has 0 N–H and O–H groups in total. The monoisotopic (exact) mass is 877 g/mol. The summed E-state index contributed by atoms with van der Waals surface area (Å²) in [6, 6.07) is 0. The summed E-state index contributed by atoms with van der Waals surface area (Å²) in [6.45, 7) is 11.3. The minimum Gasteiger partial charge on any atom is -0.462 e. The van der Waals surface area contributed by atoms with Crippen LogP contribution in [0.2, 0.25) is 0 Å². The normalized spacial score (nSPS) is 12.0. The van der Waals surface area contributed by atoms with Crippen molar-refractivity contribution in [3.8, 4) is 0 Å². The lowest BCUT2D eigenvalue weighted by atomic mass is 10.0. The first-order valence-electron chi connectivity index (χ1n) is 27.7. The van der Waals surface area contributed by atoms with E-state index in [0.29, 0.717) is 19.3 Å². The van der Waals surface area contributed by atoms with Crippen molar-refractivity contribution in [2.24, 2.45) is 11.8 Å². The highest BCUT2D eigenvalue weighted by Crippen LogP contribution is 2.18. The summed E-state index contributed by atoms with van der Waals surface area (Å²) >= 11 is 0. The smallest absolute Gasteiger partial charge is 0.306 e. The third-order valence-corrected chi connectivity index (χ3v) is 12.7. The average molecular weight is 877 g/mol. The molecule has 0 fully saturated rings. The molecule has 0 aliphatic heterocycles. The molecule has 1 atom stereocenters. The molecule has 0 aromatic carbocycles. The molecule has 0 spiro atoms. The topological polar surface area (TPSA) is 78.9 Å². The molecule has 0 aromatic rings. The minimum absolute atomic E-state index is 0.0641. The van der Waals surface area contributed by atoms with Crippen LogP contribution in [0.25, 0.3) is 0 Å². The van der Waals surface area contributed by atoms with Gasteiger partial charge in [0.1, 0.15) is 13.2 Å². The van der Waals surface area contributed by atoms with Crippen molar-refractivity contribution in [1.82, 2.24) is 0 Å². The molecule has 0 rings (SSSR count). The fraction of sp³-hybridized carbons (Fsp3) is 0.946. The van der Waals surface area contributed by atoms with Crippen LogP contribution in [0.5, 0.6) is 0 Å². The van der Waals surface area contributed by atoms with E-state index in [0.717, 1.165) is 69.6 Å². The Morgan fingerprint density at radius 3 is 0.790 bits per heavy atom. The molecule has 6 heteroatoms. The second-order valence-corrected chi connectivity index (χ2v) is 20.2. The molecule has 0 bridgehead atoms. The molecule has 0 aliphatic rings. The molecule has 0 aliphatic carbocycles. The van der Waals surface area contributed by atoms with Gasteiger partial charge in [0, 0.05) is 19.3 Å². The van der Waals surface area contributed by atoms with E-state index in [-0.39, 0.29) is 31.1 Å². The maximum absolute atomic E-state index is 12.8. The first-order chi connectivity index (χ1) is 30.2. The molecule has 62 heavy (non-hydrogen) atoms. The Balaban J connectivity index is 4.23. The highest BCUT2D eigenvalue weighted by atomic mass is 16.6. The zero-order valence-electron chi connectivity index (χ0n) is 42.5. The van der Waals surface area contributed by atoms with Gasteiger partial charge in [-0.1, -0.05) is 272 Å². The molecule has 0 aromatic heterocycles. The predicted octanol–water partition coefficient (Wildman–Crippen LogP) is 18.1. The van der Waals surface area contributed by atoms with E-state index in [9.17, 15) is 14.4 Å². The number of esters is 3. The molecule has 0 amide bonds. The predicted molar refractivity (Wildman–Crippen MR) is 266 cm³/mol. The Morgan fingerprint density at radius 1 is 0.306 bits per heavy atom. The van der Waals surface area contributed by atoms with Crippen LogP contribution in [0.3, 0.4) is 0 Å². The van der Waals surface area contributed by atoms with Crippen molar-refractivity contribution >= 4 is 17.9 Å².